The first kappa shape index (κ1) is 73.3. The molecule has 6 aromatic rings. The third-order valence-corrected chi connectivity index (χ3v) is 16.5. The number of nitrogens with zero attached hydrogens (tertiary/aromatic N) is 8. The molecule has 3 aromatic carbocycles. The van der Waals surface area contributed by atoms with Crippen molar-refractivity contribution < 1.29 is 66.8 Å². The molecular weight excluding hydrogens is 1280 g/mol. The molecule has 8 amide bonds. The number of fused-ring (bicyclic) bond motifs is 1. The van der Waals surface area contributed by atoms with Gasteiger partial charge in [-0.3, -0.25) is 28.9 Å². The maximum Gasteiger partial charge on any atom is 0.410 e. The van der Waals surface area contributed by atoms with Crippen molar-refractivity contribution in [3.8, 4) is 29.9 Å². The number of carboxylic acid groups (broad SMARTS) is 1. The van der Waals surface area contributed by atoms with E-state index >= 15 is 4.39 Å². The third kappa shape index (κ3) is 22.3. The molecule has 3 aromatic heterocycles. The number of imide groups is 1. The summed E-state index contributed by atoms with van der Waals surface area (Å²) >= 11 is 2.74. The second kappa shape index (κ2) is 36.5. The van der Waals surface area contributed by atoms with Gasteiger partial charge in [-0.1, -0.05) is 61.1 Å². The van der Waals surface area contributed by atoms with Gasteiger partial charge in [-0.25, -0.2) is 28.7 Å². The molecule has 0 aliphatic carbocycles. The number of carbonyl (C=O) groups excluding carboxylic acids is 7. The van der Waals surface area contributed by atoms with Crippen LogP contribution in [0.2, 0.25) is 0 Å². The van der Waals surface area contributed by atoms with E-state index in [1.54, 1.807) is 38.1 Å². The Kier molecular flexibility index (Phi) is 27.9. The van der Waals surface area contributed by atoms with E-state index in [9.17, 15) is 43.5 Å². The SMILES string of the molecule is C#CCOCc1cc(NC(=O)[C@H](CCCNC(N)=O)NC(=O)[C@H](NC(=O)CCOCCN2C(=O)C=CC2=O)C(C)C)ccc1COC(=O)N(C)CC#Cc1ccc(OCCCc2sc(N(CCCN(C)C)c3cc(C)c(Nc4nc5ccccc5s4)nn3)nc2C(=O)O)c(F)c1. The van der Waals surface area contributed by atoms with Gasteiger partial charge in [-0.05, 0) is 131 Å². The zero-order valence-corrected chi connectivity index (χ0v) is 55.7. The molecular formula is C66H77FN14O13S2. The summed E-state index contributed by atoms with van der Waals surface area (Å²) in [6.45, 7) is 6.23. The number of urea groups is 1. The fraction of sp³-hybridized carbons (Fsp3) is 0.394. The quantitative estimate of drug-likeness (QED) is 0.0123. The Morgan fingerprint density at radius 1 is 0.854 bits per heavy atom. The molecule has 4 heterocycles. The first-order valence-corrected chi connectivity index (χ1v) is 32.3. The van der Waals surface area contributed by atoms with Crippen molar-refractivity contribution in [3.63, 3.8) is 0 Å². The molecule has 0 saturated carbocycles. The molecule has 0 bridgehead atoms. The molecule has 1 aliphatic heterocycles. The van der Waals surface area contributed by atoms with Crippen molar-refractivity contribution in [2.24, 2.45) is 11.7 Å². The van der Waals surface area contributed by atoms with Gasteiger partial charge >= 0.3 is 18.1 Å². The summed E-state index contributed by atoms with van der Waals surface area (Å²) in [7, 11) is 5.41. The topological polar surface area (TPSA) is 344 Å². The van der Waals surface area contributed by atoms with Gasteiger partial charge in [0.25, 0.3) is 11.8 Å². The number of aryl methyl sites for hydroxylation is 2. The maximum atomic E-state index is 15.4. The second-order valence-electron chi connectivity index (χ2n) is 22.5. The summed E-state index contributed by atoms with van der Waals surface area (Å²) in [5, 5.41) is 34.3. The zero-order chi connectivity index (χ0) is 69.3. The van der Waals surface area contributed by atoms with Crippen LogP contribution in [0, 0.1) is 42.8 Å². The number of nitrogens with one attached hydrogen (secondary N) is 5. The lowest BCUT2D eigenvalue weighted by Crippen LogP contribution is -2.54. The number of benzene rings is 3. The maximum absolute atomic E-state index is 15.4. The number of hydrogen-bond acceptors (Lipinski definition) is 21. The molecule has 2 atom stereocenters. The number of amides is 8. The highest BCUT2D eigenvalue weighted by atomic mass is 32.1. The highest BCUT2D eigenvalue weighted by molar-refractivity contribution is 7.22. The average Bonchev–Trinajstić information content (AvgIpc) is 1.61. The van der Waals surface area contributed by atoms with Crippen molar-refractivity contribution in [1.29, 1.82) is 0 Å². The van der Waals surface area contributed by atoms with Gasteiger partial charge in [0.15, 0.2) is 39.2 Å². The Morgan fingerprint density at radius 3 is 2.34 bits per heavy atom. The van der Waals surface area contributed by atoms with E-state index in [0.717, 1.165) is 45.8 Å². The fourth-order valence-corrected chi connectivity index (χ4v) is 11.4. The van der Waals surface area contributed by atoms with Gasteiger partial charge in [0, 0.05) is 54.8 Å². The van der Waals surface area contributed by atoms with Gasteiger partial charge in [0.2, 0.25) is 17.7 Å². The number of primary amides is 1. The number of rotatable bonds is 36. The lowest BCUT2D eigenvalue weighted by Gasteiger charge is -2.25. The number of terminal acetylenes is 1. The summed E-state index contributed by atoms with van der Waals surface area (Å²) < 4.78 is 38.9. The number of halogens is 1. The largest absolute Gasteiger partial charge is 0.491 e. The van der Waals surface area contributed by atoms with Crippen molar-refractivity contribution in [2.45, 2.75) is 84.6 Å². The minimum atomic E-state index is -1.19. The molecule has 0 radical (unpaired) electrons. The van der Waals surface area contributed by atoms with Crippen LogP contribution in [-0.4, -0.2) is 180 Å². The summed E-state index contributed by atoms with van der Waals surface area (Å²) in [6, 6.07) is 15.6. The lowest BCUT2D eigenvalue weighted by molar-refractivity contribution is -0.138. The number of aromatic carboxylic acids is 1. The Hall–Kier alpha value is -10.1. The normalized spacial score (nSPS) is 12.4. The van der Waals surface area contributed by atoms with Crippen LogP contribution in [-0.2, 0) is 57.8 Å². The van der Waals surface area contributed by atoms with Crippen LogP contribution in [0.15, 0.2) is 78.9 Å². The van der Waals surface area contributed by atoms with Crippen LogP contribution in [0.1, 0.15) is 83.6 Å². The van der Waals surface area contributed by atoms with Gasteiger partial charge in [-0.15, -0.1) is 28.0 Å². The van der Waals surface area contributed by atoms with Crippen LogP contribution in [0.3, 0.4) is 0 Å². The highest BCUT2D eigenvalue weighted by Crippen LogP contribution is 2.35. The summed E-state index contributed by atoms with van der Waals surface area (Å²) in [4.78, 5) is 117. The summed E-state index contributed by atoms with van der Waals surface area (Å²) in [6.07, 6.45) is 8.48. The smallest absolute Gasteiger partial charge is 0.410 e. The zero-order valence-electron chi connectivity index (χ0n) is 54.0. The van der Waals surface area contributed by atoms with E-state index in [1.807, 2.05) is 56.3 Å². The van der Waals surface area contributed by atoms with E-state index in [0.29, 0.717) is 56.4 Å². The molecule has 1 aliphatic rings. The van der Waals surface area contributed by atoms with Crippen molar-refractivity contribution in [2.75, 3.05) is 95.8 Å². The molecule has 27 nitrogen and oxygen atoms in total. The summed E-state index contributed by atoms with van der Waals surface area (Å²) in [5.74, 6) is 4.07. The van der Waals surface area contributed by atoms with E-state index in [1.165, 1.54) is 46.8 Å². The molecule has 508 valence electrons. The number of carbonyl (C=O) groups is 8. The van der Waals surface area contributed by atoms with Crippen molar-refractivity contribution in [1.82, 2.24) is 50.8 Å². The van der Waals surface area contributed by atoms with Crippen LogP contribution < -0.4 is 42.0 Å². The minimum absolute atomic E-state index is 0.000447. The molecule has 30 heteroatoms. The molecule has 96 heavy (non-hydrogen) atoms. The van der Waals surface area contributed by atoms with Gasteiger partial charge in [-0.2, -0.15) is 0 Å². The Bertz CT molecular complexity index is 3850. The van der Waals surface area contributed by atoms with Crippen LogP contribution in [0.5, 0.6) is 5.75 Å². The van der Waals surface area contributed by atoms with Gasteiger partial charge in [0.05, 0.1) is 49.7 Å². The first-order chi connectivity index (χ1) is 46.1. The van der Waals surface area contributed by atoms with E-state index < -0.39 is 71.4 Å². The Labute approximate surface area is 562 Å². The Morgan fingerprint density at radius 2 is 1.64 bits per heavy atom. The van der Waals surface area contributed by atoms with Crippen LogP contribution in [0.25, 0.3) is 10.2 Å². The molecule has 0 saturated heterocycles. The number of nitrogens with two attached hydrogens (primary N) is 1. The lowest BCUT2D eigenvalue weighted by atomic mass is 10.0. The number of hydrogen-bond donors (Lipinski definition) is 7. The average molecular weight is 1360 g/mol. The van der Waals surface area contributed by atoms with Gasteiger partial charge < -0.3 is 71.1 Å². The molecule has 8 N–H and O–H groups in total. The summed E-state index contributed by atoms with van der Waals surface area (Å²) in [5.41, 5.74) is 8.41. The van der Waals surface area contributed by atoms with Crippen LogP contribution >= 0.6 is 22.7 Å². The van der Waals surface area contributed by atoms with Crippen molar-refractivity contribution in [3.05, 3.63) is 118 Å². The van der Waals surface area contributed by atoms with E-state index in [-0.39, 0.29) is 102 Å². The standard InChI is InChI=1S/C66H77FN14O13S2/c1-8-32-92-39-45-38-46(70-60(85)49(17-11-27-69-63(68)89)71-61(86)57(41(2)3)73-54(82)26-34-91-35-31-81-55(83)24-25-56(81)84)22-21-44(45)40-94-66(90)79(7)29-12-15-43-20-23-50(47(67)37-43)93-33-13-19-52-58(62(87)88)74-65(96-52)80(30-14-28-78(5)6)53-36-42(4)59(77-76-53)75-64-72-48-16-9-10-18-51(48)95-64/h1,9-10,16,18,20-25,36-38,41,49,57H,11,13-14,17,19,26-35,39-40H2,2-7H3,(H,70,85)(H,71,86)(H,73,82)(H,87,88)(H3,68,69,89)(H,72,75,77)/t49-,57+/m0/s1. The Balaban J connectivity index is 0.900. The molecule has 0 unspecified atom stereocenters. The predicted octanol–water partition coefficient (Wildman–Crippen LogP) is 6.65. The monoisotopic (exact) mass is 1360 g/mol. The number of anilines is 5. The molecule has 0 fully saturated rings. The molecule has 0 spiro atoms. The number of aromatic nitrogens is 4. The highest BCUT2D eigenvalue weighted by Gasteiger charge is 2.30. The minimum Gasteiger partial charge on any atom is -0.491 e. The second-order valence-corrected chi connectivity index (χ2v) is 24.6. The first-order valence-electron chi connectivity index (χ1n) is 30.7. The van der Waals surface area contributed by atoms with E-state index in [4.69, 9.17) is 31.1 Å². The molecule has 7 rings (SSSR count). The van der Waals surface area contributed by atoms with Gasteiger partial charge in [0.1, 0.15) is 25.3 Å². The third-order valence-electron chi connectivity index (χ3n) is 14.4. The number of carboxylic acids is 1. The number of ether oxygens (including phenoxy) is 4. The number of para-hydroxylation sites is 1. The fourth-order valence-electron chi connectivity index (χ4n) is 9.41. The van der Waals surface area contributed by atoms with Crippen LogP contribution in [0.4, 0.5) is 41.6 Å². The predicted molar refractivity (Wildman–Crippen MR) is 359 cm³/mol. The van der Waals surface area contributed by atoms with Crippen molar-refractivity contribution >= 4 is 108 Å². The van der Waals surface area contributed by atoms with E-state index in [2.05, 4.69) is 69.4 Å². The number of thiazole rings is 2.